The predicted octanol–water partition coefficient (Wildman–Crippen LogP) is 3.01. The number of nitrogens with one attached hydrogen (secondary N) is 1. The Labute approximate surface area is 160 Å². The van der Waals surface area contributed by atoms with E-state index in [0.717, 1.165) is 49.2 Å². The zero-order valence-corrected chi connectivity index (χ0v) is 16.2. The van der Waals surface area contributed by atoms with Gasteiger partial charge in [-0.3, -0.25) is 4.99 Å². The van der Waals surface area contributed by atoms with Crippen molar-refractivity contribution in [2.24, 2.45) is 16.6 Å². The van der Waals surface area contributed by atoms with Gasteiger partial charge in [-0.25, -0.2) is 0 Å². The number of benzene rings is 1. The third-order valence-electron chi connectivity index (χ3n) is 3.80. The quantitative estimate of drug-likeness (QED) is 0.291. The lowest BCUT2D eigenvalue weighted by Crippen LogP contribution is -2.23. The van der Waals surface area contributed by atoms with Crippen molar-refractivity contribution >= 4 is 35.6 Å². The van der Waals surface area contributed by atoms with Gasteiger partial charge in [0.05, 0.1) is 13.2 Å². The molecule has 1 fully saturated rings. The molecular formula is C17H26IN3O3. The zero-order chi connectivity index (χ0) is 15.9. The molecule has 1 aromatic rings. The molecule has 0 saturated heterocycles. The van der Waals surface area contributed by atoms with E-state index in [9.17, 15) is 0 Å². The molecule has 1 aliphatic carbocycles. The number of rotatable bonds is 7. The Morgan fingerprint density at radius 1 is 1.25 bits per heavy atom. The molecule has 0 radical (unpaired) electrons. The lowest BCUT2D eigenvalue weighted by atomic mass is 10.3. The number of guanidine groups is 1. The molecule has 0 aromatic heterocycles. The monoisotopic (exact) mass is 447 g/mol. The maximum atomic E-state index is 5.91. The van der Waals surface area contributed by atoms with Crippen LogP contribution in [0.2, 0.25) is 0 Å². The SMILES string of the molecule is I.NC(=NCCCOCC1CC1)Nc1ccc2c(c1)OCCCO2. The Morgan fingerprint density at radius 3 is 2.83 bits per heavy atom. The normalized spacial score (nSPS) is 16.9. The summed E-state index contributed by atoms with van der Waals surface area (Å²) in [6, 6.07) is 5.69. The number of fused-ring (bicyclic) bond motifs is 1. The van der Waals surface area contributed by atoms with Gasteiger partial charge in [-0.15, -0.1) is 24.0 Å². The lowest BCUT2D eigenvalue weighted by Gasteiger charge is -2.10. The van der Waals surface area contributed by atoms with Gasteiger partial charge in [0.2, 0.25) is 0 Å². The van der Waals surface area contributed by atoms with Crippen LogP contribution in [-0.2, 0) is 4.74 Å². The molecule has 0 atom stereocenters. The van der Waals surface area contributed by atoms with E-state index in [1.165, 1.54) is 12.8 Å². The van der Waals surface area contributed by atoms with Crippen molar-refractivity contribution in [1.29, 1.82) is 0 Å². The van der Waals surface area contributed by atoms with Crippen LogP contribution in [-0.4, -0.2) is 38.9 Å². The van der Waals surface area contributed by atoms with Crippen LogP contribution in [0.25, 0.3) is 0 Å². The Kier molecular flexibility index (Phi) is 7.90. The van der Waals surface area contributed by atoms with Crippen LogP contribution in [0.4, 0.5) is 5.69 Å². The van der Waals surface area contributed by atoms with Gasteiger partial charge in [0.15, 0.2) is 17.5 Å². The van der Waals surface area contributed by atoms with Crippen LogP contribution in [0.5, 0.6) is 11.5 Å². The van der Waals surface area contributed by atoms with Gasteiger partial charge >= 0.3 is 0 Å². The first kappa shape index (κ1) is 19.1. The molecule has 0 amide bonds. The van der Waals surface area contributed by atoms with E-state index in [1.54, 1.807) is 0 Å². The van der Waals surface area contributed by atoms with Crippen molar-refractivity contribution < 1.29 is 14.2 Å². The van der Waals surface area contributed by atoms with Crippen molar-refractivity contribution in [2.45, 2.75) is 25.7 Å². The summed E-state index contributed by atoms with van der Waals surface area (Å²) in [6.07, 6.45) is 4.43. The van der Waals surface area contributed by atoms with Gasteiger partial charge in [0, 0.05) is 37.9 Å². The lowest BCUT2D eigenvalue weighted by molar-refractivity contribution is 0.123. The van der Waals surface area contributed by atoms with Crippen molar-refractivity contribution in [3.63, 3.8) is 0 Å². The van der Waals surface area contributed by atoms with E-state index < -0.39 is 0 Å². The fraction of sp³-hybridized carbons (Fsp3) is 0.588. The highest BCUT2D eigenvalue weighted by atomic mass is 127. The van der Waals surface area contributed by atoms with Crippen LogP contribution in [0.15, 0.2) is 23.2 Å². The van der Waals surface area contributed by atoms with E-state index in [0.29, 0.717) is 25.7 Å². The number of ether oxygens (including phenoxy) is 3. The fourth-order valence-electron chi connectivity index (χ4n) is 2.33. The second-order valence-electron chi connectivity index (χ2n) is 5.98. The number of hydrogen-bond acceptors (Lipinski definition) is 4. The summed E-state index contributed by atoms with van der Waals surface area (Å²) >= 11 is 0. The zero-order valence-electron chi connectivity index (χ0n) is 13.8. The van der Waals surface area contributed by atoms with E-state index in [1.807, 2.05) is 18.2 Å². The molecule has 1 aliphatic heterocycles. The van der Waals surface area contributed by atoms with Gasteiger partial charge in [-0.1, -0.05) is 0 Å². The standard InChI is InChI=1S/C17H25N3O3.HI/c18-17(19-7-1-8-21-12-13-3-4-13)20-14-5-6-15-16(11-14)23-10-2-9-22-15;/h5-6,11,13H,1-4,7-10,12H2,(H3,18,19,20);1H. The van der Waals surface area contributed by atoms with Crippen molar-refractivity contribution in [2.75, 3.05) is 38.3 Å². The van der Waals surface area contributed by atoms with Crippen LogP contribution < -0.4 is 20.5 Å². The minimum atomic E-state index is 0. The molecule has 0 bridgehead atoms. The second-order valence-corrected chi connectivity index (χ2v) is 5.98. The Balaban J connectivity index is 0.00000208. The molecule has 24 heavy (non-hydrogen) atoms. The van der Waals surface area contributed by atoms with E-state index in [4.69, 9.17) is 19.9 Å². The number of nitrogens with zero attached hydrogens (tertiary/aromatic N) is 1. The van der Waals surface area contributed by atoms with Crippen LogP contribution in [0.3, 0.4) is 0 Å². The number of nitrogens with two attached hydrogens (primary N) is 1. The molecule has 0 spiro atoms. The average Bonchev–Trinajstić information content (AvgIpc) is 3.37. The van der Waals surface area contributed by atoms with E-state index >= 15 is 0 Å². The van der Waals surface area contributed by atoms with Crippen LogP contribution >= 0.6 is 24.0 Å². The minimum absolute atomic E-state index is 0. The summed E-state index contributed by atoms with van der Waals surface area (Å²) in [4.78, 5) is 4.31. The molecule has 134 valence electrons. The molecule has 1 heterocycles. The van der Waals surface area contributed by atoms with Gasteiger partial charge in [0.1, 0.15) is 0 Å². The van der Waals surface area contributed by atoms with Crippen molar-refractivity contribution in [3.05, 3.63) is 18.2 Å². The molecule has 0 unspecified atom stereocenters. The first-order valence-electron chi connectivity index (χ1n) is 8.35. The topological polar surface area (TPSA) is 78.1 Å². The Bertz CT molecular complexity index is 550. The summed E-state index contributed by atoms with van der Waals surface area (Å²) in [5, 5.41) is 3.08. The van der Waals surface area contributed by atoms with E-state index in [-0.39, 0.29) is 24.0 Å². The third-order valence-corrected chi connectivity index (χ3v) is 3.80. The highest BCUT2D eigenvalue weighted by Crippen LogP contribution is 2.32. The molecule has 6 nitrogen and oxygen atoms in total. The summed E-state index contributed by atoms with van der Waals surface area (Å²) in [5.41, 5.74) is 6.76. The molecule has 3 rings (SSSR count). The maximum Gasteiger partial charge on any atom is 0.193 e. The van der Waals surface area contributed by atoms with Gasteiger partial charge in [-0.05, 0) is 37.3 Å². The van der Waals surface area contributed by atoms with Crippen LogP contribution in [0.1, 0.15) is 25.7 Å². The highest BCUT2D eigenvalue weighted by molar-refractivity contribution is 14.0. The minimum Gasteiger partial charge on any atom is -0.490 e. The van der Waals surface area contributed by atoms with Gasteiger partial charge in [-0.2, -0.15) is 0 Å². The van der Waals surface area contributed by atoms with E-state index in [2.05, 4.69) is 10.3 Å². The maximum absolute atomic E-state index is 5.91. The van der Waals surface area contributed by atoms with Crippen molar-refractivity contribution in [3.8, 4) is 11.5 Å². The molecule has 3 N–H and O–H groups in total. The second kappa shape index (κ2) is 9.93. The van der Waals surface area contributed by atoms with Gasteiger partial charge < -0.3 is 25.3 Å². The van der Waals surface area contributed by atoms with Crippen LogP contribution in [0, 0.1) is 5.92 Å². The largest absolute Gasteiger partial charge is 0.490 e. The summed E-state index contributed by atoms with van der Waals surface area (Å²) in [6.45, 7) is 3.66. The predicted molar refractivity (Wildman–Crippen MR) is 106 cm³/mol. The first-order chi connectivity index (χ1) is 11.3. The third kappa shape index (κ3) is 6.35. The Hall–Kier alpha value is -1.22. The molecular weight excluding hydrogens is 421 g/mol. The average molecular weight is 447 g/mol. The molecule has 1 saturated carbocycles. The fourth-order valence-corrected chi connectivity index (χ4v) is 2.33. The van der Waals surface area contributed by atoms with Gasteiger partial charge in [0.25, 0.3) is 0 Å². The number of aliphatic imine (C=N–C) groups is 1. The summed E-state index contributed by atoms with van der Waals surface area (Å²) in [7, 11) is 0. The first-order valence-corrected chi connectivity index (χ1v) is 8.35. The number of hydrogen-bond donors (Lipinski definition) is 2. The summed E-state index contributed by atoms with van der Waals surface area (Å²) in [5.74, 6) is 2.73. The number of anilines is 1. The number of halogens is 1. The highest BCUT2D eigenvalue weighted by Gasteiger charge is 2.20. The Morgan fingerprint density at radius 2 is 2.04 bits per heavy atom. The van der Waals surface area contributed by atoms with Crippen molar-refractivity contribution in [1.82, 2.24) is 0 Å². The molecule has 2 aliphatic rings. The summed E-state index contributed by atoms with van der Waals surface area (Å²) < 4.78 is 16.8. The smallest absolute Gasteiger partial charge is 0.193 e. The molecule has 1 aromatic carbocycles. The molecule has 7 heteroatoms.